The quantitative estimate of drug-likeness (QED) is 0.351. The third-order valence-corrected chi connectivity index (χ3v) is 5.76. The fourth-order valence-corrected chi connectivity index (χ4v) is 4.42. The van der Waals surface area contributed by atoms with Crippen LogP contribution in [0.3, 0.4) is 0 Å². The first-order valence-corrected chi connectivity index (χ1v) is 10.7. The van der Waals surface area contributed by atoms with Crippen molar-refractivity contribution in [3.8, 4) is 0 Å². The minimum absolute atomic E-state index is 0.0652. The number of hydrogen-bond donors (Lipinski definition) is 0. The minimum atomic E-state index is 0.0652. The van der Waals surface area contributed by atoms with Crippen molar-refractivity contribution >= 4 is 36.0 Å². The molecule has 28 heavy (non-hydrogen) atoms. The van der Waals surface area contributed by atoms with E-state index in [4.69, 9.17) is 4.98 Å². The average Bonchev–Trinajstić information content (AvgIpc) is 2.61. The third-order valence-electron chi connectivity index (χ3n) is 4.71. The molecule has 3 rings (SSSR count). The van der Waals surface area contributed by atoms with Gasteiger partial charge in [0.2, 0.25) is 0 Å². The highest BCUT2D eigenvalue weighted by atomic mass is 32.2. The second-order valence-electron chi connectivity index (χ2n) is 7.81. The summed E-state index contributed by atoms with van der Waals surface area (Å²) >= 11 is 1.65. The molecule has 3 aromatic rings. The highest BCUT2D eigenvalue weighted by Crippen LogP contribution is 2.23. The molecule has 0 saturated carbocycles. The summed E-state index contributed by atoms with van der Waals surface area (Å²) in [5.74, 6) is 0.806. The van der Waals surface area contributed by atoms with E-state index in [1.165, 1.54) is 16.7 Å². The number of nitrogens with zero attached hydrogens (tertiary/aromatic N) is 3. The van der Waals surface area contributed by atoms with E-state index >= 15 is 0 Å². The van der Waals surface area contributed by atoms with E-state index in [0.717, 1.165) is 34.9 Å². The van der Waals surface area contributed by atoms with Gasteiger partial charge in [0.1, 0.15) is 7.85 Å². The van der Waals surface area contributed by atoms with Crippen molar-refractivity contribution in [1.29, 1.82) is 0 Å². The predicted octanol–water partition coefficient (Wildman–Crippen LogP) is 2.52. The Morgan fingerprint density at radius 2 is 1.82 bits per heavy atom. The molecule has 4 nitrogen and oxygen atoms in total. The van der Waals surface area contributed by atoms with Crippen molar-refractivity contribution in [2.45, 2.75) is 37.7 Å². The van der Waals surface area contributed by atoms with Gasteiger partial charge in [0.25, 0.3) is 5.56 Å². The van der Waals surface area contributed by atoms with Crippen molar-refractivity contribution < 1.29 is 0 Å². The standard InChI is InChI=1S/C22H28BN3OS/c1-15-10-16(2)12-17(11-15)14-28-22-24-20-7-6-18(23)13-19(20)21(27)26(22)9-5-8-25(3)4/h6-7,10-13H,5,8-9,14,23H2,1-4H3. The molecule has 1 aromatic heterocycles. The normalized spacial score (nSPS) is 11.5. The lowest BCUT2D eigenvalue weighted by molar-refractivity contribution is 0.379. The summed E-state index contributed by atoms with van der Waals surface area (Å²) in [5.41, 5.74) is 5.72. The van der Waals surface area contributed by atoms with E-state index in [0.29, 0.717) is 11.9 Å². The third kappa shape index (κ3) is 5.06. The largest absolute Gasteiger partial charge is 0.309 e. The summed E-state index contributed by atoms with van der Waals surface area (Å²) in [6.45, 7) is 5.87. The summed E-state index contributed by atoms with van der Waals surface area (Å²) in [7, 11) is 6.12. The second-order valence-corrected chi connectivity index (χ2v) is 8.76. The molecule has 2 aromatic carbocycles. The van der Waals surface area contributed by atoms with Crippen LogP contribution in [-0.2, 0) is 12.3 Å². The van der Waals surface area contributed by atoms with Gasteiger partial charge in [-0.05, 0) is 52.5 Å². The van der Waals surface area contributed by atoms with Gasteiger partial charge < -0.3 is 4.90 Å². The molecule has 1 heterocycles. The molecule has 0 aliphatic carbocycles. The molecule has 0 aliphatic rings. The Labute approximate surface area is 172 Å². The molecule has 0 fully saturated rings. The van der Waals surface area contributed by atoms with Gasteiger partial charge in [-0.15, -0.1) is 0 Å². The number of thioether (sulfide) groups is 1. The highest BCUT2D eigenvalue weighted by molar-refractivity contribution is 7.98. The average molecular weight is 393 g/mol. The zero-order valence-electron chi connectivity index (χ0n) is 17.5. The van der Waals surface area contributed by atoms with Crippen LogP contribution in [0, 0.1) is 13.8 Å². The van der Waals surface area contributed by atoms with Crippen molar-refractivity contribution in [2.75, 3.05) is 20.6 Å². The first kappa shape index (κ1) is 20.7. The molecular formula is C22H28BN3OS. The first-order valence-electron chi connectivity index (χ1n) is 9.69. The number of aryl methyl sites for hydroxylation is 2. The number of rotatable bonds is 7. The van der Waals surface area contributed by atoms with E-state index in [-0.39, 0.29) is 5.56 Å². The highest BCUT2D eigenvalue weighted by Gasteiger charge is 2.12. The monoisotopic (exact) mass is 393 g/mol. The van der Waals surface area contributed by atoms with Gasteiger partial charge in [0, 0.05) is 12.3 Å². The molecule has 0 spiro atoms. The van der Waals surface area contributed by atoms with Crippen LogP contribution < -0.4 is 11.0 Å². The topological polar surface area (TPSA) is 38.1 Å². The van der Waals surface area contributed by atoms with E-state index in [1.807, 2.05) is 30.6 Å². The molecule has 6 heteroatoms. The van der Waals surface area contributed by atoms with Crippen LogP contribution in [0.4, 0.5) is 0 Å². The Morgan fingerprint density at radius 3 is 2.50 bits per heavy atom. The van der Waals surface area contributed by atoms with Gasteiger partial charge in [-0.1, -0.05) is 58.7 Å². The summed E-state index contributed by atoms with van der Waals surface area (Å²) in [4.78, 5) is 20.2. The fourth-order valence-electron chi connectivity index (χ4n) is 3.47. The van der Waals surface area contributed by atoms with Crippen molar-refractivity contribution in [1.82, 2.24) is 14.5 Å². The van der Waals surface area contributed by atoms with Crippen LogP contribution in [0.5, 0.6) is 0 Å². The Kier molecular flexibility index (Phi) is 6.63. The smallest absolute Gasteiger partial charge is 0.262 e. The summed E-state index contributed by atoms with van der Waals surface area (Å²) in [6, 6.07) is 12.5. The molecule has 0 unspecified atom stereocenters. The van der Waals surface area contributed by atoms with Crippen LogP contribution in [-0.4, -0.2) is 42.9 Å². The first-order chi connectivity index (χ1) is 13.3. The lowest BCUT2D eigenvalue weighted by Gasteiger charge is -2.15. The molecule has 0 aliphatic heterocycles. The zero-order valence-corrected chi connectivity index (χ0v) is 18.3. The molecule has 0 saturated heterocycles. The van der Waals surface area contributed by atoms with Gasteiger partial charge in [-0.3, -0.25) is 9.36 Å². The minimum Gasteiger partial charge on any atom is -0.309 e. The van der Waals surface area contributed by atoms with Crippen LogP contribution >= 0.6 is 11.8 Å². The van der Waals surface area contributed by atoms with Gasteiger partial charge in [0.15, 0.2) is 5.16 Å². The van der Waals surface area contributed by atoms with Gasteiger partial charge >= 0.3 is 0 Å². The van der Waals surface area contributed by atoms with Crippen molar-refractivity contribution in [3.63, 3.8) is 0 Å². The molecule has 146 valence electrons. The summed E-state index contributed by atoms with van der Waals surface area (Å²) < 4.78 is 1.86. The molecule has 0 amide bonds. The van der Waals surface area contributed by atoms with Gasteiger partial charge in [-0.25, -0.2) is 4.98 Å². The van der Waals surface area contributed by atoms with Crippen LogP contribution in [0.25, 0.3) is 10.9 Å². The second kappa shape index (κ2) is 8.97. The lowest BCUT2D eigenvalue weighted by atomic mass is 9.95. The number of aromatic nitrogens is 2. The Hall–Kier alpha value is -2.05. The maximum Gasteiger partial charge on any atom is 0.262 e. The number of benzene rings is 2. The summed E-state index contributed by atoms with van der Waals surface area (Å²) in [6.07, 6.45) is 0.920. The van der Waals surface area contributed by atoms with Crippen molar-refractivity contribution in [3.05, 3.63) is 63.4 Å². The zero-order chi connectivity index (χ0) is 20.3. The van der Waals surface area contributed by atoms with E-state index < -0.39 is 0 Å². The Bertz CT molecular complexity index is 1030. The van der Waals surface area contributed by atoms with Crippen LogP contribution in [0.1, 0.15) is 23.1 Å². The number of fused-ring (bicyclic) bond motifs is 1. The fraction of sp³-hybridized carbons (Fsp3) is 0.364. The maximum atomic E-state index is 13.2. The van der Waals surface area contributed by atoms with Crippen LogP contribution in [0.2, 0.25) is 0 Å². The van der Waals surface area contributed by atoms with E-state index in [1.54, 1.807) is 11.8 Å². The Morgan fingerprint density at radius 1 is 1.11 bits per heavy atom. The van der Waals surface area contributed by atoms with Gasteiger partial charge in [0.05, 0.1) is 10.9 Å². The molecule has 0 radical (unpaired) electrons. The van der Waals surface area contributed by atoms with E-state index in [9.17, 15) is 4.79 Å². The molecule has 0 atom stereocenters. The molecular weight excluding hydrogens is 365 g/mol. The predicted molar refractivity (Wildman–Crippen MR) is 123 cm³/mol. The molecule has 0 N–H and O–H groups in total. The van der Waals surface area contributed by atoms with E-state index in [2.05, 4.69) is 51.0 Å². The Balaban J connectivity index is 1.95. The van der Waals surface area contributed by atoms with Crippen molar-refractivity contribution in [2.24, 2.45) is 0 Å². The number of hydrogen-bond acceptors (Lipinski definition) is 4. The lowest BCUT2D eigenvalue weighted by Crippen LogP contribution is -2.26. The maximum absolute atomic E-state index is 13.2. The van der Waals surface area contributed by atoms with Crippen LogP contribution in [0.15, 0.2) is 46.3 Å². The SMILES string of the molecule is Bc1ccc2nc(SCc3cc(C)cc(C)c3)n(CCCN(C)C)c(=O)c2c1. The van der Waals surface area contributed by atoms with Gasteiger partial charge in [-0.2, -0.15) is 0 Å². The summed E-state index contributed by atoms with van der Waals surface area (Å²) in [5, 5.41) is 1.51. The molecule has 0 bridgehead atoms.